The van der Waals surface area contributed by atoms with Crippen molar-refractivity contribution < 1.29 is 4.57 Å². The lowest BCUT2D eigenvalue weighted by Gasteiger charge is -2.19. The van der Waals surface area contributed by atoms with E-state index in [0.717, 1.165) is 33.2 Å². The zero-order chi connectivity index (χ0) is 17.5. The third-order valence-electron chi connectivity index (χ3n) is 4.63. The monoisotopic (exact) mass is 315 g/mol. The van der Waals surface area contributed by atoms with Crippen LogP contribution in [0.3, 0.4) is 0 Å². The third kappa shape index (κ3) is 2.67. The van der Waals surface area contributed by atoms with Crippen LogP contribution in [0.4, 0.5) is 0 Å². The third-order valence-corrected chi connectivity index (χ3v) is 4.63. The van der Waals surface area contributed by atoms with Crippen molar-refractivity contribution in [3.8, 4) is 17.3 Å². The second-order valence-electron chi connectivity index (χ2n) is 7.44. The Morgan fingerprint density at radius 2 is 1.75 bits per heavy atom. The van der Waals surface area contributed by atoms with Gasteiger partial charge in [0.1, 0.15) is 13.1 Å². The van der Waals surface area contributed by atoms with Crippen molar-refractivity contribution in [3.63, 3.8) is 0 Å². The molecule has 0 saturated carbocycles. The van der Waals surface area contributed by atoms with Gasteiger partial charge in [-0.1, -0.05) is 51.1 Å². The van der Waals surface area contributed by atoms with Gasteiger partial charge in [-0.15, -0.1) is 0 Å². The lowest BCUT2D eigenvalue weighted by atomic mass is 9.85. The summed E-state index contributed by atoms with van der Waals surface area (Å²) in [4.78, 5) is 0. The molecule has 0 spiro atoms. The van der Waals surface area contributed by atoms with Crippen molar-refractivity contribution in [1.29, 1.82) is 5.26 Å². The minimum atomic E-state index is 0.0700. The Bertz CT molecular complexity index is 970. The van der Waals surface area contributed by atoms with Crippen LogP contribution in [0.15, 0.2) is 48.7 Å². The van der Waals surface area contributed by atoms with Crippen LogP contribution in [0.25, 0.3) is 22.0 Å². The Balaban J connectivity index is 2.39. The molecule has 3 aromatic rings. The fourth-order valence-electron chi connectivity index (χ4n) is 3.22. The van der Waals surface area contributed by atoms with Crippen molar-refractivity contribution in [1.82, 2.24) is 0 Å². The Labute approximate surface area is 144 Å². The van der Waals surface area contributed by atoms with Gasteiger partial charge in [0.2, 0.25) is 5.69 Å². The number of pyridine rings is 1. The molecule has 0 aliphatic carbocycles. The van der Waals surface area contributed by atoms with Gasteiger partial charge in [0.25, 0.3) is 0 Å². The molecule has 120 valence electrons. The summed E-state index contributed by atoms with van der Waals surface area (Å²) in [5.74, 6) is 0. The molecular formula is C22H23N2+. The van der Waals surface area contributed by atoms with E-state index in [0.29, 0.717) is 0 Å². The summed E-state index contributed by atoms with van der Waals surface area (Å²) in [5.41, 5.74) is 5.35. The molecule has 0 fully saturated rings. The Morgan fingerprint density at radius 1 is 1.04 bits per heavy atom. The molecule has 0 aliphatic heterocycles. The molecule has 3 rings (SSSR count). The van der Waals surface area contributed by atoms with E-state index in [2.05, 4.69) is 68.8 Å². The van der Waals surface area contributed by atoms with Gasteiger partial charge in [0, 0.05) is 17.5 Å². The van der Waals surface area contributed by atoms with E-state index in [9.17, 15) is 5.26 Å². The number of fused-ring (bicyclic) bond motifs is 1. The summed E-state index contributed by atoms with van der Waals surface area (Å²) >= 11 is 0. The van der Waals surface area contributed by atoms with E-state index in [1.807, 2.05) is 25.2 Å². The van der Waals surface area contributed by atoms with Crippen molar-refractivity contribution in [2.24, 2.45) is 7.05 Å². The van der Waals surface area contributed by atoms with Crippen LogP contribution in [0, 0.1) is 18.3 Å². The predicted octanol–water partition coefficient (Wildman–Crippen LogP) is 4.81. The number of aromatic nitrogens is 1. The normalized spacial score (nSPS) is 11.5. The highest BCUT2D eigenvalue weighted by molar-refractivity contribution is 5.95. The largest absolute Gasteiger partial charge is 0.214 e. The maximum absolute atomic E-state index is 9.86. The number of hydrogen-bond donors (Lipinski definition) is 0. The Morgan fingerprint density at radius 3 is 2.42 bits per heavy atom. The molecule has 2 nitrogen and oxygen atoms in total. The fourth-order valence-corrected chi connectivity index (χ4v) is 3.22. The summed E-state index contributed by atoms with van der Waals surface area (Å²) in [5, 5.41) is 12.0. The maximum Gasteiger partial charge on any atom is 0.214 e. The number of benzene rings is 2. The average molecular weight is 315 g/mol. The first-order valence-electron chi connectivity index (χ1n) is 8.26. The molecule has 0 atom stereocenters. The predicted molar refractivity (Wildman–Crippen MR) is 98.7 cm³/mol. The van der Waals surface area contributed by atoms with Gasteiger partial charge in [-0.25, -0.2) is 4.57 Å². The second kappa shape index (κ2) is 5.76. The quantitative estimate of drug-likeness (QED) is 0.592. The molecule has 0 aliphatic rings. The first-order valence-corrected chi connectivity index (χ1v) is 8.26. The highest BCUT2D eigenvalue weighted by Gasteiger charge is 2.23. The van der Waals surface area contributed by atoms with Gasteiger partial charge in [-0.05, 0) is 28.9 Å². The molecule has 0 saturated heterocycles. The Kier molecular flexibility index (Phi) is 3.89. The first-order chi connectivity index (χ1) is 11.3. The molecule has 2 heteroatoms. The molecule has 1 heterocycles. The highest BCUT2D eigenvalue weighted by atomic mass is 14.9. The molecule has 2 aromatic carbocycles. The standard InChI is InChI=1S/C22H23N2/c1-15-12-16-8-6-7-9-18(16)19(14-23)21(15)20-13-17(22(2,3)4)10-11-24(20)5/h6-13H,1-5H3/q+1. The van der Waals surface area contributed by atoms with E-state index in [-0.39, 0.29) is 5.41 Å². The van der Waals surface area contributed by atoms with Gasteiger partial charge >= 0.3 is 0 Å². The number of aryl methyl sites for hydroxylation is 2. The average Bonchev–Trinajstić information content (AvgIpc) is 2.53. The Hall–Kier alpha value is -2.66. The SMILES string of the molecule is Cc1cc2ccccc2c(C#N)c1-c1cc(C(C)(C)C)cc[n+]1C. The van der Waals surface area contributed by atoms with Crippen LogP contribution in [-0.4, -0.2) is 0 Å². The maximum atomic E-state index is 9.86. The zero-order valence-electron chi connectivity index (χ0n) is 15.0. The summed E-state index contributed by atoms with van der Waals surface area (Å²) in [6, 6.07) is 17.1. The molecule has 0 radical (unpaired) electrons. The minimum Gasteiger partial charge on any atom is -0.201 e. The molecule has 24 heavy (non-hydrogen) atoms. The van der Waals surface area contributed by atoms with Crippen LogP contribution in [-0.2, 0) is 12.5 Å². The van der Waals surface area contributed by atoms with Crippen molar-refractivity contribution in [2.45, 2.75) is 33.1 Å². The molecule has 0 N–H and O–H groups in total. The fraction of sp³-hybridized carbons (Fsp3) is 0.273. The summed E-state index contributed by atoms with van der Waals surface area (Å²) < 4.78 is 2.10. The van der Waals surface area contributed by atoms with E-state index >= 15 is 0 Å². The molecular weight excluding hydrogens is 292 g/mol. The van der Waals surface area contributed by atoms with Gasteiger partial charge in [0.15, 0.2) is 6.20 Å². The van der Waals surface area contributed by atoms with Gasteiger partial charge < -0.3 is 0 Å². The van der Waals surface area contributed by atoms with Crippen LogP contribution in [0.2, 0.25) is 0 Å². The van der Waals surface area contributed by atoms with Crippen LogP contribution >= 0.6 is 0 Å². The van der Waals surface area contributed by atoms with E-state index < -0.39 is 0 Å². The summed E-state index contributed by atoms with van der Waals surface area (Å²) in [6.45, 7) is 8.73. The van der Waals surface area contributed by atoms with Crippen LogP contribution in [0.1, 0.15) is 37.5 Å². The topological polar surface area (TPSA) is 27.7 Å². The van der Waals surface area contributed by atoms with Crippen molar-refractivity contribution in [2.75, 3.05) is 0 Å². The minimum absolute atomic E-state index is 0.0700. The van der Waals surface area contributed by atoms with E-state index in [1.165, 1.54) is 5.56 Å². The lowest BCUT2D eigenvalue weighted by molar-refractivity contribution is -0.660. The van der Waals surface area contributed by atoms with Crippen LogP contribution < -0.4 is 4.57 Å². The molecule has 1 aromatic heterocycles. The zero-order valence-corrected chi connectivity index (χ0v) is 15.0. The second-order valence-corrected chi connectivity index (χ2v) is 7.44. The van der Waals surface area contributed by atoms with Gasteiger partial charge in [-0.3, -0.25) is 0 Å². The van der Waals surface area contributed by atoms with E-state index in [1.54, 1.807) is 0 Å². The highest BCUT2D eigenvalue weighted by Crippen LogP contribution is 2.33. The van der Waals surface area contributed by atoms with E-state index in [4.69, 9.17) is 0 Å². The first kappa shape index (κ1) is 16.2. The van der Waals surface area contributed by atoms with Crippen molar-refractivity contribution >= 4 is 10.8 Å². The number of nitrogens with zero attached hydrogens (tertiary/aromatic N) is 2. The molecule has 0 amide bonds. The molecule has 0 unspecified atom stereocenters. The van der Waals surface area contributed by atoms with Crippen LogP contribution in [0.5, 0.6) is 0 Å². The number of nitriles is 1. The van der Waals surface area contributed by atoms with Gasteiger partial charge in [-0.2, -0.15) is 5.26 Å². The smallest absolute Gasteiger partial charge is 0.201 e. The number of rotatable bonds is 1. The van der Waals surface area contributed by atoms with Crippen molar-refractivity contribution in [3.05, 3.63) is 65.4 Å². The summed E-state index contributed by atoms with van der Waals surface area (Å²) in [7, 11) is 2.04. The molecule has 0 bridgehead atoms. The summed E-state index contributed by atoms with van der Waals surface area (Å²) in [6.07, 6.45) is 2.09. The van der Waals surface area contributed by atoms with Gasteiger partial charge in [0.05, 0.1) is 11.1 Å². The number of hydrogen-bond acceptors (Lipinski definition) is 1. The lowest BCUT2D eigenvalue weighted by Crippen LogP contribution is -2.32.